The van der Waals surface area contributed by atoms with Gasteiger partial charge in [-0.3, -0.25) is 4.79 Å². The number of hydrogen-bond acceptors (Lipinski definition) is 5. The molecule has 25 heavy (non-hydrogen) atoms. The van der Waals surface area contributed by atoms with E-state index in [0.717, 1.165) is 40.1 Å². The third kappa shape index (κ3) is 3.70. The Morgan fingerprint density at radius 1 is 1.32 bits per heavy atom. The number of aromatic nitrogens is 2. The molecule has 0 bridgehead atoms. The van der Waals surface area contributed by atoms with Crippen LogP contribution in [0.15, 0.2) is 47.8 Å². The van der Waals surface area contributed by atoms with Crippen LogP contribution in [-0.2, 0) is 11.2 Å². The largest absolute Gasteiger partial charge is 0.352 e. The molecule has 2 aromatic heterocycles. The van der Waals surface area contributed by atoms with Gasteiger partial charge in [0.2, 0.25) is 5.91 Å². The van der Waals surface area contributed by atoms with Crippen LogP contribution in [0.4, 0.5) is 0 Å². The zero-order chi connectivity index (χ0) is 17.2. The minimum Gasteiger partial charge on any atom is -0.352 e. The summed E-state index contributed by atoms with van der Waals surface area (Å²) < 4.78 is 0. The molecule has 0 aliphatic heterocycles. The normalized spacial score (nSPS) is 15.2. The number of nitrogens with zero attached hydrogens (tertiary/aromatic N) is 2. The van der Waals surface area contributed by atoms with E-state index < -0.39 is 0 Å². The van der Waals surface area contributed by atoms with Crippen molar-refractivity contribution in [2.24, 2.45) is 0 Å². The van der Waals surface area contributed by atoms with Crippen LogP contribution in [-0.4, -0.2) is 21.9 Å². The second-order valence-corrected chi connectivity index (χ2v) is 8.36. The molecule has 1 atom stereocenters. The van der Waals surface area contributed by atoms with Gasteiger partial charge in [-0.2, -0.15) is 0 Å². The highest BCUT2D eigenvalue weighted by Crippen LogP contribution is 2.39. The van der Waals surface area contributed by atoms with Crippen molar-refractivity contribution in [3.05, 3.63) is 53.2 Å². The Kier molecular flexibility index (Phi) is 4.72. The maximum absolute atomic E-state index is 12.8. The quantitative estimate of drug-likeness (QED) is 0.518. The third-order valence-corrected chi connectivity index (χ3v) is 6.64. The van der Waals surface area contributed by atoms with Crippen molar-refractivity contribution in [1.29, 1.82) is 0 Å². The molecular formula is C19H19N3OS2. The standard InChI is InChI=1S/C19H19N3OS2/c1-2-14-10-15-18(24-14)20-11-21-19(15)25-16(12-6-4-3-5-7-12)17(23)22-13-8-9-13/h3-7,10-11,13,16H,2,8-9H2,1H3,(H,22,23)/t16-/m1/s1. The second-order valence-electron chi connectivity index (χ2n) is 6.16. The molecule has 128 valence electrons. The first-order valence-electron chi connectivity index (χ1n) is 8.50. The summed E-state index contributed by atoms with van der Waals surface area (Å²) >= 11 is 3.21. The van der Waals surface area contributed by atoms with E-state index in [0.29, 0.717) is 6.04 Å². The molecule has 0 radical (unpaired) electrons. The molecule has 0 saturated heterocycles. The Labute approximate surface area is 155 Å². The number of thioether (sulfide) groups is 1. The van der Waals surface area contributed by atoms with Crippen LogP contribution >= 0.6 is 23.1 Å². The van der Waals surface area contributed by atoms with Gasteiger partial charge < -0.3 is 5.32 Å². The first-order valence-corrected chi connectivity index (χ1v) is 10.2. The molecule has 4 rings (SSSR count). The van der Waals surface area contributed by atoms with Gasteiger partial charge in [-0.1, -0.05) is 49.0 Å². The number of thiophene rings is 1. The zero-order valence-corrected chi connectivity index (χ0v) is 15.6. The SMILES string of the molecule is CCc1cc2c(S[C@@H](C(=O)NC3CC3)c3ccccc3)ncnc2s1. The van der Waals surface area contributed by atoms with Crippen LogP contribution < -0.4 is 5.32 Å². The van der Waals surface area contributed by atoms with E-state index in [2.05, 4.69) is 28.3 Å². The van der Waals surface area contributed by atoms with Crippen molar-refractivity contribution in [2.75, 3.05) is 0 Å². The highest BCUT2D eigenvalue weighted by Gasteiger charge is 2.29. The molecule has 1 aliphatic carbocycles. The number of hydrogen-bond donors (Lipinski definition) is 1. The lowest BCUT2D eigenvalue weighted by Gasteiger charge is -2.16. The molecule has 4 nitrogen and oxygen atoms in total. The molecule has 1 amide bonds. The monoisotopic (exact) mass is 369 g/mol. The predicted octanol–water partition coefficient (Wildman–Crippen LogP) is 4.37. The Balaban J connectivity index is 1.68. The number of carbonyl (C=O) groups excluding carboxylic acids is 1. The van der Waals surface area contributed by atoms with Gasteiger partial charge in [-0.05, 0) is 30.9 Å². The van der Waals surface area contributed by atoms with E-state index in [1.54, 1.807) is 17.7 Å². The van der Waals surface area contributed by atoms with E-state index in [9.17, 15) is 4.79 Å². The predicted molar refractivity (Wildman–Crippen MR) is 103 cm³/mol. The molecule has 1 saturated carbocycles. The van der Waals surface area contributed by atoms with Gasteiger partial charge in [-0.15, -0.1) is 11.3 Å². The van der Waals surface area contributed by atoms with Crippen molar-refractivity contribution in [3.63, 3.8) is 0 Å². The molecule has 0 spiro atoms. The molecule has 1 aromatic carbocycles. The number of aryl methyl sites for hydroxylation is 1. The summed E-state index contributed by atoms with van der Waals surface area (Å²) in [5.41, 5.74) is 1.00. The van der Waals surface area contributed by atoms with Crippen LogP contribution in [0.2, 0.25) is 0 Å². The molecule has 1 N–H and O–H groups in total. The fourth-order valence-electron chi connectivity index (χ4n) is 2.67. The van der Waals surface area contributed by atoms with Gasteiger partial charge in [-0.25, -0.2) is 9.97 Å². The Morgan fingerprint density at radius 2 is 2.12 bits per heavy atom. The first-order chi connectivity index (χ1) is 12.2. The van der Waals surface area contributed by atoms with Crippen molar-refractivity contribution in [1.82, 2.24) is 15.3 Å². The molecule has 1 fully saturated rings. The molecule has 2 heterocycles. The van der Waals surface area contributed by atoms with Crippen LogP contribution in [0.5, 0.6) is 0 Å². The number of rotatable bonds is 6. The average molecular weight is 370 g/mol. The highest BCUT2D eigenvalue weighted by atomic mass is 32.2. The third-order valence-electron chi connectivity index (χ3n) is 4.19. The fraction of sp³-hybridized carbons (Fsp3) is 0.316. The fourth-order valence-corrected chi connectivity index (χ4v) is 4.75. The van der Waals surface area contributed by atoms with E-state index in [4.69, 9.17) is 0 Å². The minimum atomic E-state index is -0.301. The number of nitrogens with one attached hydrogen (secondary N) is 1. The molecular weight excluding hydrogens is 350 g/mol. The van der Waals surface area contributed by atoms with Gasteiger partial charge in [0.15, 0.2) is 0 Å². The topological polar surface area (TPSA) is 54.9 Å². The Hall–Kier alpha value is -1.92. The summed E-state index contributed by atoms with van der Waals surface area (Å²) in [5.74, 6) is 0.0661. The first kappa shape index (κ1) is 16.5. The van der Waals surface area contributed by atoms with Gasteiger partial charge >= 0.3 is 0 Å². The van der Waals surface area contributed by atoms with Crippen molar-refractivity contribution in [3.8, 4) is 0 Å². The summed E-state index contributed by atoms with van der Waals surface area (Å²) in [6, 6.07) is 12.4. The van der Waals surface area contributed by atoms with Gasteiger partial charge in [0.05, 0.1) is 0 Å². The molecule has 0 unspecified atom stereocenters. The second kappa shape index (κ2) is 7.14. The van der Waals surface area contributed by atoms with Gasteiger partial charge in [0, 0.05) is 16.3 Å². The average Bonchev–Trinajstić information content (AvgIpc) is 3.34. The summed E-state index contributed by atoms with van der Waals surface area (Å²) in [7, 11) is 0. The number of amides is 1. The summed E-state index contributed by atoms with van der Waals surface area (Å²) in [6.07, 6.45) is 4.75. The van der Waals surface area contributed by atoms with E-state index in [1.807, 2.05) is 30.3 Å². The maximum Gasteiger partial charge on any atom is 0.238 e. The van der Waals surface area contributed by atoms with E-state index in [1.165, 1.54) is 16.6 Å². The number of carbonyl (C=O) groups is 1. The lowest BCUT2D eigenvalue weighted by Crippen LogP contribution is -2.29. The smallest absolute Gasteiger partial charge is 0.238 e. The highest BCUT2D eigenvalue weighted by molar-refractivity contribution is 8.00. The van der Waals surface area contributed by atoms with Crippen LogP contribution in [0.25, 0.3) is 10.2 Å². The van der Waals surface area contributed by atoms with Crippen LogP contribution in [0.3, 0.4) is 0 Å². The van der Waals surface area contributed by atoms with Crippen molar-refractivity contribution in [2.45, 2.75) is 42.5 Å². The minimum absolute atomic E-state index is 0.0661. The van der Waals surface area contributed by atoms with Crippen molar-refractivity contribution >= 4 is 39.2 Å². The molecule has 3 aromatic rings. The van der Waals surface area contributed by atoms with E-state index >= 15 is 0 Å². The van der Waals surface area contributed by atoms with E-state index in [-0.39, 0.29) is 11.2 Å². The summed E-state index contributed by atoms with van der Waals surface area (Å²) in [4.78, 5) is 24.0. The lowest BCUT2D eigenvalue weighted by molar-refractivity contribution is -0.120. The van der Waals surface area contributed by atoms with Gasteiger partial charge in [0.1, 0.15) is 21.4 Å². The Bertz CT molecular complexity index is 890. The van der Waals surface area contributed by atoms with Gasteiger partial charge in [0.25, 0.3) is 0 Å². The maximum atomic E-state index is 12.8. The zero-order valence-electron chi connectivity index (χ0n) is 13.9. The molecule has 6 heteroatoms. The summed E-state index contributed by atoms with van der Waals surface area (Å²) in [6.45, 7) is 2.14. The lowest BCUT2D eigenvalue weighted by atomic mass is 10.1. The van der Waals surface area contributed by atoms with Crippen LogP contribution in [0.1, 0.15) is 35.5 Å². The number of benzene rings is 1. The molecule has 1 aliphatic rings. The number of fused-ring (bicyclic) bond motifs is 1. The van der Waals surface area contributed by atoms with Crippen molar-refractivity contribution < 1.29 is 4.79 Å². The van der Waals surface area contributed by atoms with Crippen LogP contribution in [0, 0.1) is 0 Å². The Morgan fingerprint density at radius 3 is 2.84 bits per heavy atom. The summed E-state index contributed by atoms with van der Waals surface area (Å²) in [5, 5.41) is 4.76.